The minimum atomic E-state index is -0.532. The average molecular weight is 555 g/mol. The number of hydrogen-bond acceptors (Lipinski definition) is 8. The van der Waals surface area contributed by atoms with Gasteiger partial charge in [-0.15, -0.1) is 16.4 Å². The average Bonchev–Trinajstić information content (AvgIpc) is 3.56. The van der Waals surface area contributed by atoms with Gasteiger partial charge in [0.15, 0.2) is 0 Å². The largest absolute Gasteiger partial charge is 0.465 e. The van der Waals surface area contributed by atoms with E-state index >= 15 is 4.39 Å². The van der Waals surface area contributed by atoms with Gasteiger partial charge >= 0.3 is 5.97 Å². The number of ether oxygens (including phenoxy) is 2. The molecule has 0 radical (unpaired) electrons. The number of carbonyl (C=O) groups is 1. The summed E-state index contributed by atoms with van der Waals surface area (Å²) < 4.78 is 30.5. The van der Waals surface area contributed by atoms with Crippen molar-refractivity contribution in [2.24, 2.45) is 13.0 Å². The summed E-state index contributed by atoms with van der Waals surface area (Å²) in [5.41, 5.74) is 4.73. The highest BCUT2D eigenvalue weighted by atomic mass is 35.5. The summed E-state index contributed by atoms with van der Waals surface area (Å²) in [7, 11) is 3.14. The second-order valence-electron chi connectivity index (χ2n) is 9.29. The van der Waals surface area contributed by atoms with E-state index in [2.05, 4.69) is 15.3 Å². The number of nitrogens with zero attached hydrogens (tertiary/aromatic N) is 6. The molecular weight excluding hydrogens is 531 g/mol. The van der Waals surface area contributed by atoms with E-state index in [4.69, 9.17) is 26.1 Å². The fourth-order valence-corrected chi connectivity index (χ4v) is 6.95. The summed E-state index contributed by atoms with van der Waals surface area (Å²) in [4.78, 5) is 22.2. The molecule has 5 aromatic heterocycles. The van der Waals surface area contributed by atoms with Gasteiger partial charge in [-0.25, -0.2) is 13.9 Å². The van der Waals surface area contributed by atoms with E-state index in [-0.39, 0.29) is 15.8 Å². The van der Waals surface area contributed by atoms with Crippen LogP contribution in [0.2, 0.25) is 5.02 Å². The number of hydrogen-bond donors (Lipinski definition) is 0. The first kappa shape index (κ1) is 24.9. The summed E-state index contributed by atoms with van der Waals surface area (Å²) in [6, 6.07) is 4.48. The Hall–Kier alpha value is -3.41. The molecule has 1 atom stereocenters. The molecule has 6 heterocycles. The molecule has 0 saturated carbocycles. The van der Waals surface area contributed by atoms with Gasteiger partial charge < -0.3 is 14.0 Å². The highest BCUT2D eigenvalue weighted by Gasteiger charge is 2.35. The summed E-state index contributed by atoms with van der Waals surface area (Å²) in [6.45, 7) is 3.01. The van der Waals surface area contributed by atoms with Crippen LogP contribution in [0, 0.1) is 18.7 Å². The van der Waals surface area contributed by atoms with Crippen molar-refractivity contribution >= 4 is 50.2 Å². The number of pyridine rings is 2. The number of carbonyl (C=O) groups excluding carboxylic acids is 1. The Balaban J connectivity index is 1.71. The Morgan fingerprint density at radius 3 is 2.79 bits per heavy atom. The van der Waals surface area contributed by atoms with Gasteiger partial charge in [-0.05, 0) is 43.9 Å². The first-order chi connectivity index (χ1) is 18.4. The van der Waals surface area contributed by atoms with Crippen molar-refractivity contribution in [3.8, 4) is 11.3 Å². The van der Waals surface area contributed by atoms with Gasteiger partial charge in [0.05, 0.1) is 51.0 Å². The predicted octanol–water partition coefficient (Wildman–Crippen LogP) is 5.35. The third kappa shape index (κ3) is 3.88. The third-order valence-electron chi connectivity index (χ3n) is 7.11. The number of halogens is 2. The molecule has 0 aromatic carbocycles. The lowest BCUT2D eigenvalue weighted by Crippen LogP contribution is -2.28. The van der Waals surface area contributed by atoms with E-state index in [1.165, 1.54) is 24.5 Å². The quantitative estimate of drug-likeness (QED) is 0.270. The summed E-state index contributed by atoms with van der Waals surface area (Å²) >= 11 is 8.13. The van der Waals surface area contributed by atoms with E-state index in [1.54, 1.807) is 23.1 Å². The molecule has 1 saturated heterocycles. The number of rotatable bonds is 5. The van der Waals surface area contributed by atoms with Crippen molar-refractivity contribution in [3.05, 3.63) is 57.7 Å². The van der Waals surface area contributed by atoms with E-state index < -0.39 is 17.8 Å². The maximum absolute atomic E-state index is 15.4. The lowest BCUT2D eigenvalue weighted by atomic mass is 9.88. The van der Waals surface area contributed by atoms with E-state index in [9.17, 15) is 4.79 Å². The Bertz CT molecular complexity index is 1670. The van der Waals surface area contributed by atoms with Gasteiger partial charge in [-0.1, -0.05) is 16.8 Å². The Kier molecular flexibility index (Phi) is 6.37. The molecule has 0 spiro atoms. The van der Waals surface area contributed by atoms with Gasteiger partial charge in [-0.3, -0.25) is 9.97 Å². The second kappa shape index (κ2) is 9.72. The van der Waals surface area contributed by atoms with Crippen molar-refractivity contribution in [2.75, 3.05) is 20.3 Å². The minimum absolute atomic E-state index is 0.00764. The van der Waals surface area contributed by atoms with Crippen LogP contribution in [0.25, 0.3) is 32.5 Å². The van der Waals surface area contributed by atoms with Gasteiger partial charge in [0.2, 0.25) is 0 Å². The van der Waals surface area contributed by atoms with E-state index in [0.29, 0.717) is 42.8 Å². The lowest BCUT2D eigenvalue weighted by molar-refractivity contribution is 0.0543. The summed E-state index contributed by atoms with van der Waals surface area (Å²) in [5, 5.41) is 8.58. The molecule has 6 rings (SSSR count). The van der Waals surface area contributed by atoms with Crippen molar-refractivity contribution < 1.29 is 18.7 Å². The molecule has 0 bridgehead atoms. The Labute approximate surface area is 226 Å². The molecular formula is C26H24ClFN6O3S. The Morgan fingerprint density at radius 1 is 1.32 bits per heavy atom. The molecule has 196 valence electrons. The zero-order chi connectivity index (χ0) is 26.6. The monoisotopic (exact) mass is 554 g/mol. The van der Waals surface area contributed by atoms with E-state index in [1.807, 2.05) is 24.6 Å². The number of aromatic nitrogens is 6. The zero-order valence-corrected chi connectivity index (χ0v) is 22.5. The molecule has 0 aliphatic carbocycles. The molecule has 38 heavy (non-hydrogen) atoms. The van der Waals surface area contributed by atoms with Crippen LogP contribution in [-0.2, 0) is 16.5 Å². The smallest absolute Gasteiger partial charge is 0.349 e. The molecule has 0 amide bonds. The summed E-state index contributed by atoms with van der Waals surface area (Å²) in [5.74, 6) is -0.932. The van der Waals surface area contributed by atoms with Crippen LogP contribution >= 0.6 is 22.9 Å². The van der Waals surface area contributed by atoms with Gasteiger partial charge in [-0.2, -0.15) is 0 Å². The SMILES string of the molecule is COC(=O)c1sc2c3ncc(-c4c(C)nnn4C)cc3n(C(c3ncccc3F)C3CCOCC3)c2c1Cl. The highest BCUT2D eigenvalue weighted by Crippen LogP contribution is 2.47. The number of thiophene rings is 1. The molecule has 5 aromatic rings. The van der Waals surface area contributed by atoms with Crippen LogP contribution < -0.4 is 0 Å². The number of fused-ring (bicyclic) bond motifs is 3. The summed E-state index contributed by atoms with van der Waals surface area (Å²) in [6.07, 6.45) is 4.78. The van der Waals surface area contributed by atoms with Crippen LogP contribution in [0.1, 0.15) is 39.9 Å². The van der Waals surface area contributed by atoms with E-state index in [0.717, 1.165) is 27.2 Å². The zero-order valence-electron chi connectivity index (χ0n) is 20.9. The highest BCUT2D eigenvalue weighted by molar-refractivity contribution is 7.22. The fraction of sp³-hybridized carbons (Fsp3) is 0.346. The first-order valence-corrected chi connectivity index (χ1v) is 13.3. The minimum Gasteiger partial charge on any atom is -0.465 e. The number of aryl methyl sites for hydroxylation is 2. The van der Waals surface area contributed by atoms with Crippen molar-refractivity contribution in [2.45, 2.75) is 25.8 Å². The molecule has 1 aliphatic rings. The number of esters is 1. The molecule has 0 N–H and O–H groups in total. The predicted molar refractivity (Wildman–Crippen MR) is 142 cm³/mol. The van der Waals surface area contributed by atoms with Crippen LogP contribution in [0.3, 0.4) is 0 Å². The fourth-order valence-electron chi connectivity index (χ4n) is 5.41. The van der Waals surface area contributed by atoms with Crippen molar-refractivity contribution in [1.29, 1.82) is 0 Å². The standard InChI is InChI=1S/C26H24ClFN6O3S/c1-13-21(33(2)32-31-13)15-11-17-20(30-12-15)25-23(18(27)24(38-25)26(35)36-3)34(17)22(14-6-9-37-10-7-14)19-16(28)5-4-8-29-19/h4-5,8,11-12,14,22H,6-7,9-10H2,1-3H3. The van der Waals surface area contributed by atoms with Gasteiger partial charge in [0.25, 0.3) is 0 Å². The van der Waals surface area contributed by atoms with Crippen LogP contribution in [0.5, 0.6) is 0 Å². The van der Waals surface area contributed by atoms with Crippen LogP contribution in [0.4, 0.5) is 4.39 Å². The van der Waals surface area contributed by atoms with Crippen molar-refractivity contribution in [3.63, 3.8) is 0 Å². The molecule has 9 nitrogen and oxygen atoms in total. The number of methoxy groups -OCH3 is 1. The molecule has 12 heteroatoms. The van der Waals surface area contributed by atoms with Crippen molar-refractivity contribution in [1.82, 2.24) is 29.5 Å². The second-order valence-corrected chi connectivity index (χ2v) is 10.7. The molecule has 1 fully saturated rings. The third-order valence-corrected chi connectivity index (χ3v) is 8.75. The maximum atomic E-state index is 15.4. The Morgan fingerprint density at radius 2 is 2.11 bits per heavy atom. The molecule has 1 unspecified atom stereocenters. The van der Waals surface area contributed by atoms with Crippen LogP contribution in [-0.4, -0.2) is 55.8 Å². The van der Waals surface area contributed by atoms with Crippen LogP contribution in [0.15, 0.2) is 30.6 Å². The molecule has 1 aliphatic heterocycles. The normalized spacial score (nSPS) is 15.4. The topological polar surface area (TPSA) is 97.0 Å². The van der Waals surface area contributed by atoms with Gasteiger partial charge in [0, 0.05) is 38.2 Å². The first-order valence-electron chi connectivity index (χ1n) is 12.2. The van der Waals surface area contributed by atoms with Gasteiger partial charge in [0.1, 0.15) is 16.2 Å². The maximum Gasteiger partial charge on any atom is 0.349 e. The lowest BCUT2D eigenvalue weighted by Gasteiger charge is -2.32.